The van der Waals surface area contributed by atoms with Crippen molar-refractivity contribution in [2.24, 2.45) is 0 Å². The molecule has 0 unspecified atom stereocenters. The molecule has 3 rings (SSSR count). The van der Waals surface area contributed by atoms with E-state index in [1.54, 1.807) is 12.1 Å². The van der Waals surface area contributed by atoms with Gasteiger partial charge in [0.05, 0.1) is 12.2 Å². The first-order chi connectivity index (χ1) is 13.1. The average Bonchev–Trinajstić information content (AvgIpc) is 2.69. The van der Waals surface area contributed by atoms with Gasteiger partial charge in [-0.2, -0.15) is 0 Å². The smallest absolute Gasteiger partial charge is 0.236 e. The molecule has 0 aromatic heterocycles. The lowest BCUT2D eigenvalue weighted by Crippen LogP contribution is -2.51. The van der Waals surface area contributed by atoms with E-state index in [0.29, 0.717) is 38.4 Å². The molecule has 1 aliphatic heterocycles. The zero-order valence-electron chi connectivity index (χ0n) is 16.0. The van der Waals surface area contributed by atoms with E-state index < -0.39 is 0 Å². The van der Waals surface area contributed by atoms with E-state index in [-0.39, 0.29) is 11.7 Å². The lowest BCUT2D eigenvalue weighted by atomic mass is 10.1. The first kappa shape index (κ1) is 19.4. The zero-order valence-corrected chi connectivity index (χ0v) is 16.0. The Bertz CT molecular complexity index is 729. The van der Waals surface area contributed by atoms with Crippen molar-refractivity contribution in [1.29, 1.82) is 0 Å². The fourth-order valence-corrected chi connectivity index (χ4v) is 3.51. The number of carbonyl (C=O) groups is 1. The van der Waals surface area contributed by atoms with Crippen LogP contribution in [0.5, 0.6) is 0 Å². The van der Waals surface area contributed by atoms with Gasteiger partial charge in [0.1, 0.15) is 5.82 Å². The summed E-state index contributed by atoms with van der Waals surface area (Å²) >= 11 is 0. The first-order valence-electron chi connectivity index (χ1n) is 9.63. The number of piperazine rings is 1. The van der Waals surface area contributed by atoms with E-state index >= 15 is 0 Å². The van der Waals surface area contributed by atoms with Gasteiger partial charge in [-0.05, 0) is 44.1 Å². The quantitative estimate of drug-likeness (QED) is 0.751. The molecule has 0 aliphatic carbocycles. The summed E-state index contributed by atoms with van der Waals surface area (Å²) in [6.45, 7) is 3.97. The lowest BCUT2D eigenvalue weighted by molar-refractivity contribution is -0.132. The Hall–Kier alpha value is -2.40. The number of rotatable bonds is 7. The van der Waals surface area contributed by atoms with Gasteiger partial charge < -0.3 is 9.80 Å². The fraction of sp³-hybridized carbons (Fsp3) is 0.409. The molecule has 1 aliphatic rings. The van der Waals surface area contributed by atoms with Gasteiger partial charge in [-0.15, -0.1) is 0 Å². The average molecular weight is 369 g/mol. The first-order valence-corrected chi connectivity index (χ1v) is 9.63. The van der Waals surface area contributed by atoms with Crippen molar-refractivity contribution in [2.75, 3.05) is 51.2 Å². The Balaban J connectivity index is 1.39. The molecule has 0 radical (unpaired) electrons. The molecular weight excluding hydrogens is 341 g/mol. The Morgan fingerprint density at radius 2 is 1.67 bits per heavy atom. The number of nitrogens with zero attached hydrogens (tertiary/aromatic N) is 3. The van der Waals surface area contributed by atoms with Crippen LogP contribution < -0.4 is 4.90 Å². The topological polar surface area (TPSA) is 26.8 Å². The molecule has 0 saturated carbocycles. The van der Waals surface area contributed by atoms with Crippen LogP contribution in [0.15, 0.2) is 54.6 Å². The third kappa shape index (κ3) is 5.54. The summed E-state index contributed by atoms with van der Waals surface area (Å²) in [6, 6.07) is 17.3. The highest BCUT2D eigenvalue weighted by molar-refractivity contribution is 5.78. The zero-order chi connectivity index (χ0) is 19.1. The third-order valence-corrected chi connectivity index (χ3v) is 5.08. The van der Waals surface area contributed by atoms with Crippen LogP contribution in [0.2, 0.25) is 0 Å². The maximum atomic E-state index is 13.9. The standard InChI is InChI=1S/C22H28FN3O/c1-24(13-7-10-19-8-3-2-4-9-19)18-22(27)26-16-14-25(15-17-26)21-12-6-5-11-20(21)23/h2-6,8-9,11-12H,7,10,13-18H2,1H3. The van der Waals surface area contributed by atoms with Crippen molar-refractivity contribution in [3.05, 3.63) is 66.0 Å². The molecule has 0 spiro atoms. The molecule has 0 N–H and O–H groups in total. The van der Waals surface area contributed by atoms with Gasteiger partial charge in [0.25, 0.3) is 0 Å². The van der Waals surface area contributed by atoms with Crippen molar-refractivity contribution in [3.63, 3.8) is 0 Å². The maximum Gasteiger partial charge on any atom is 0.236 e. The van der Waals surface area contributed by atoms with E-state index in [2.05, 4.69) is 29.2 Å². The van der Waals surface area contributed by atoms with Crippen LogP contribution in [0.4, 0.5) is 10.1 Å². The van der Waals surface area contributed by atoms with Gasteiger partial charge in [0.2, 0.25) is 5.91 Å². The predicted octanol–water partition coefficient (Wildman–Crippen LogP) is 3.04. The molecule has 2 aromatic carbocycles. The van der Waals surface area contributed by atoms with Gasteiger partial charge in [-0.3, -0.25) is 9.69 Å². The van der Waals surface area contributed by atoms with Crippen molar-refractivity contribution >= 4 is 11.6 Å². The van der Waals surface area contributed by atoms with E-state index in [9.17, 15) is 9.18 Å². The highest BCUT2D eigenvalue weighted by Crippen LogP contribution is 2.20. The molecule has 1 heterocycles. The predicted molar refractivity (Wildman–Crippen MR) is 107 cm³/mol. The third-order valence-electron chi connectivity index (χ3n) is 5.08. The summed E-state index contributed by atoms with van der Waals surface area (Å²) in [4.78, 5) is 18.5. The SMILES string of the molecule is CN(CCCc1ccccc1)CC(=O)N1CCN(c2ccccc2F)CC1. The molecule has 1 amide bonds. The molecule has 1 saturated heterocycles. The summed E-state index contributed by atoms with van der Waals surface area (Å²) in [6.07, 6.45) is 2.07. The molecule has 2 aromatic rings. The molecule has 0 atom stereocenters. The summed E-state index contributed by atoms with van der Waals surface area (Å²) in [5, 5.41) is 0. The van der Waals surface area contributed by atoms with Crippen molar-refractivity contribution in [2.45, 2.75) is 12.8 Å². The second-order valence-electron chi connectivity index (χ2n) is 7.15. The number of carbonyl (C=O) groups excluding carboxylic acids is 1. The molecular formula is C22H28FN3O. The molecule has 144 valence electrons. The number of para-hydroxylation sites is 1. The molecule has 4 nitrogen and oxygen atoms in total. The van der Waals surface area contributed by atoms with Crippen LogP contribution in [0.25, 0.3) is 0 Å². The van der Waals surface area contributed by atoms with Crippen LogP contribution in [0.1, 0.15) is 12.0 Å². The largest absolute Gasteiger partial charge is 0.366 e. The van der Waals surface area contributed by atoms with Gasteiger partial charge in [-0.25, -0.2) is 4.39 Å². The lowest BCUT2D eigenvalue weighted by Gasteiger charge is -2.36. The Labute approximate surface area is 161 Å². The Morgan fingerprint density at radius 3 is 2.37 bits per heavy atom. The summed E-state index contributed by atoms with van der Waals surface area (Å²) in [7, 11) is 2.00. The molecule has 27 heavy (non-hydrogen) atoms. The Kier molecular flexibility index (Phi) is 6.82. The van der Waals surface area contributed by atoms with Crippen LogP contribution in [-0.4, -0.2) is 62.0 Å². The van der Waals surface area contributed by atoms with Crippen molar-refractivity contribution < 1.29 is 9.18 Å². The fourth-order valence-electron chi connectivity index (χ4n) is 3.51. The monoisotopic (exact) mass is 369 g/mol. The number of likely N-dealkylation sites (N-methyl/N-ethyl adjacent to an activating group) is 1. The molecule has 0 bridgehead atoms. The van der Waals surface area contributed by atoms with Gasteiger partial charge in [0, 0.05) is 26.2 Å². The summed E-state index contributed by atoms with van der Waals surface area (Å²) < 4.78 is 13.9. The van der Waals surface area contributed by atoms with Crippen molar-refractivity contribution in [3.8, 4) is 0 Å². The number of hydrogen-bond donors (Lipinski definition) is 0. The Morgan fingerprint density at radius 1 is 1.00 bits per heavy atom. The summed E-state index contributed by atoms with van der Waals surface area (Å²) in [5.41, 5.74) is 1.96. The van der Waals surface area contributed by atoms with Crippen molar-refractivity contribution in [1.82, 2.24) is 9.80 Å². The van der Waals surface area contributed by atoms with Crippen LogP contribution in [0, 0.1) is 5.82 Å². The minimum Gasteiger partial charge on any atom is -0.366 e. The second-order valence-corrected chi connectivity index (χ2v) is 7.15. The van der Waals surface area contributed by atoms with Gasteiger partial charge >= 0.3 is 0 Å². The van der Waals surface area contributed by atoms with E-state index in [4.69, 9.17) is 0 Å². The van der Waals surface area contributed by atoms with Crippen LogP contribution >= 0.6 is 0 Å². The van der Waals surface area contributed by atoms with Gasteiger partial charge in [0.15, 0.2) is 0 Å². The maximum absolute atomic E-state index is 13.9. The minimum atomic E-state index is -0.199. The second kappa shape index (κ2) is 9.51. The highest BCUT2D eigenvalue weighted by atomic mass is 19.1. The van der Waals surface area contributed by atoms with Crippen LogP contribution in [-0.2, 0) is 11.2 Å². The number of halogens is 1. The van der Waals surface area contributed by atoms with E-state index in [0.717, 1.165) is 19.4 Å². The number of aryl methyl sites for hydroxylation is 1. The van der Waals surface area contributed by atoms with Gasteiger partial charge in [-0.1, -0.05) is 42.5 Å². The molecule has 1 fully saturated rings. The van der Waals surface area contributed by atoms with Crippen LogP contribution in [0.3, 0.4) is 0 Å². The van der Waals surface area contributed by atoms with E-state index in [1.807, 2.05) is 29.0 Å². The summed E-state index contributed by atoms with van der Waals surface area (Å²) in [5.74, 6) is -0.0409. The minimum absolute atomic E-state index is 0.158. The normalized spacial score (nSPS) is 14.6. The molecule has 5 heteroatoms. The highest BCUT2D eigenvalue weighted by Gasteiger charge is 2.23. The number of benzene rings is 2. The number of amides is 1. The van der Waals surface area contributed by atoms with E-state index in [1.165, 1.54) is 11.6 Å². The number of hydrogen-bond acceptors (Lipinski definition) is 3. The number of anilines is 1.